The van der Waals surface area contributed by atoms with E-state index in [1.54, 1.807) is 18.9 Å². The summed E-state index contributed by atoms with van der Waals surface area (Å²) in [6, 6.07) is 3.81. The molecule has 3 rings (SSSR count). The molecule has 0 saturated carbocycles. The van der Waals surface area contributed by atoms with Crippen LogP contribution in [0.2, 0.25) is 0 Å². The van der Waals surface area contributed by atoms with Gasteiger partial charge in [0.25, 0.3) is 5.91 Å². The van der Waals surface area contributed by atoms with Crippen LogP contribution in [0.1, 0.15) is 21.5 Å². The fraction of sp³-hybridized carbons (Fsp3) is 0.556. The molecule has 0 spiro atoms. The first-order chi connectivity index (χ1) is 12.0. The lowest BCUT2D eigenvalue weighted by Crippen LogP contribution is -2.54. The summed E-state index contributed by atoms with van der Waals surface area (Å²) in [6.45, 7) is 6.21. The quantitative estimate of drug-likeness (QED) is 0.876. The van der Waals surface area contributed by atoms with E-state index in [0.717, 1.165) is 22.8 Å². The molecule has 0 radical (unpaired) electrons. The van der Waals surface area contributed by atoms with Crippen LogP contribution in [0.4, 0.5) is 0 Å². The molecule has 1 aromatic carbocycles. The Morgan fingerprint density at radius 3 is 2.44 bits per heavy atom. The Hall–Kier alpha value is -1.73. The Kier molecular flexibility index (Phi) is 5.54. The zero-order chi connectivity index (χ0) is 18.0. The summed E-state index contributed by atoms with van der Waals surface area (Å²) in [5.41, 5.74) is 2.62. The molecule has 2 saturated heterocycles. The highest BCUT2D eigenvalue weighted by Gasteiger charge is 2.31. The molecule has 1 aromatic rings. The highest BCUT2D eigenvalue weighted by atomic mass is 32.2. The van der Waals surface area contributed by atoms with Crippen molar-refractivity contribution in [2.75, 3.05) is 44.9 Å². The second-order valence-electron chi connectivity index (χ2n) is 6.55. The van der Waals surface area contributed by atoms with Crippen LogP contribution < -0.4 is 10.1 Å². The van der Waals surface area contributed by atoms with Gasteiger partial charge in [-0.2, -0.15) is 0 Å². The first-order valence-electron chi connectivity index (χ1n) is 8.55. The van der Waals surface area contributed by atoms with Crippen molar-refractivity contribution in [3.8, 4) is 5.75 Å². The molecular formula is C18H25N3O3S. The number of aryl methyl sites for hydroxylation is 2. The molecule has 1 N–H and O–H groups in total. The number of hydrogen-bond donors (Lipinski definition) is 1. The SMILES string of the molecule is COc1cc(C)cc(C)c1C(=O)N1CCN(C(=O)C2CSCN2)CC1. The number of piperazine rings is 1. The van der Waals surface area contributed by atoms with Crippen molar-refractivity contribution in [2.45, 2.75) is 19.9 Å². The zero-order valence-electron chi connectivity index (χ0n) is 15.0. The number of nitrogens with zero attached hydrogens (tertiary/aromatic N) is 2. The third kappa shape index (κ3) is 3.77. The van der Waals surface area contributed by atoms with E-state index in [-0.39, 0.29) is 17.9 Å². The topological polar surface area (TPSA) is 61.9 Å². The largest absolute Gasteiger partial charge is 0.496 e. The molecule has 6 nitrogen and oxygen atoms in total. The summed E-state index contributed by atoms with van der Waals surface area (Å²) in [4.78, 5) is 29.1. The maximum atomic E-state index is 13.0. The summed E-state index contributed by atoms with van der Waals surface area (Å²) in [5.74, 6) is 2.42. The first kappa shape index (κ1) is 18.1. The normalized spacial score (nSPS) is 20.7. The van der Waals surface area contributed by atoms with Crippen LogP contribution in [0.3, 0.4) is 0 Å². The van der Waals surface area contributed by atoms with Gasteiger partial charge in [0.2, 0.25) is 5.91 Å². The molecule has 0 bridgehead atoms. The van der Waals surface area contributed by atoms with E-state index in [2.05, 4.69) is 5.32 Å². The predicted octanol–water partition coefficient (Wildman–Crippen LogP) is 1.26. The van der Waals surface area contributed by atoms with Gasteiger partial charge in [-0.3, -0.25) is 14.9 Å². The predicted molar refractivity (Wildman–Crippen MR) is 99.2 cm³/mol. The Bertz CT molecular complexity index is 666. The Morgan fingerprint density at radius 2 is 1.84 bits per heavy atom. The Labute approximate surface area is 152 Å². The number of methoxy groups -OCH3 is 1. The van der Waals surface area contributed by atoms with Crippen molar-refractivity contribution < 1.29 is 14.3 Å². The fourth-order valence-corrected chi connectivity index (χ4v) is 4.36. The van der Waals surface area contributed by atoms with E-state index in [9.17, 15) is 9.59 Å². The lowest BCUT2D eigenvalue weighted by Gasteiger charge is -2.36. The second kappa shape index (κ2) is 7.66. The smallest absolute Gasteiger partial charge is 0.258 e. The third-order valence-corrected chi connectivity index (χ3v) is 5.71. The van der Waals surface area contributed by atoms with Gasteiger partial charge in [-0.25, -0.2) is 0 Å². The second-order valence-corrected chi connectivity index (χ2v) is 7.58. The Balaban J connectivity index is 1.67. The maximum absolute atomic E-state index is 13.0. The summed E-state index contributed by atoms with van der Waals surface area (Å²) < 4.78 is 5.42. The molecule has 7 heteroatoms. The third-order valence-electron chi connectivity index (χ3n) is 4.77. The summed E-state index contributed by atoms with van der Waals surface area (Å²) in [5, 5.41) is 3.22. The van der Waals surface area contributed by atoms with Crippen LogP contribution in [0, 0.1) is 13.8 Å². The average Bonchev–Trinajstić information content (AvgIpc) is 3.14. The average molecular weight is 363 g/mol. The van der Waals surface area contributed by atoms with Gasteiger partial charge >= 0.3 is 0 Å². The fourth-order valence-electron chi connectivity index (χ4n) is 3.43. The lowest BCUT2D eigenvalue weighted by atomic mass is 10.0. The number of thioether (sulfide) groups is 1. The number of nitrogens with one attached hydrogen (secondary N) is 1. The number of hydrogen-bond acceptors (Lipinski definition) is 5. The minimum Gasteiger partial charge on any atom is -0.496 e. The van der Waals surface area contributed by atoms with Crippen molar-refractivity contribution in [1.82, 2.24) is 15.1 Å². The summed E-state index contributed by atoms with van der Waals surface area (Å²) in [7, 11) is 1.59. The number of rotatable bonds is 3. The van der Waals surface area contributed by atoms with Gasteiger partial charge in [0.05, 0.1) is 18.7 Å². The molecule has 2 aliphatic rings. The van der Waals surface area contributed by atoms with Gasteiger partial charge in [0.1, 0.15) is 5.75 Å². The molecule has 1 unspecified atom stereocenters. The number of amides is 2. The monoisotopic (exact) mass is 363 g/mol. The van der Waals surface area contributed by atoms with Crippen molar-refractivity contribution in [1.29, 1.82) is 0 Å². The van der Waals surface area contributed by atoms with Crippen molar-refractivity contribution in [2.24, 2.45) is 0 Å². The van der Waals surface area contributed by atoms with E-state index < -0.39 is 0 Å². The number of carbonyl (C=O) groups is 2. The number of benzene rings is 1. The molecule has 2 heterocycles. The molecule has 1 atom stereocenters. The zero-order valence-corrected chi connectivity index (χ0v) is 15.8. The van der Waals surface area contributed by atoms with Gasteiger partial charge in [0, 0.05) is 37.8 Å². The van der Waals surface area contributed by atoms with E-state index in [1.807, 2.05) is 35.8 Å². The van der Waals surface area contributed by atoms with Crippen molar-refractivity contribution >= 4 is 23.6 Å². The van der Waals surface area contributed by atoms with Crippen LogP contribution in [-0.2, 0) is 4.79 Å². The minimum absolute atomic E-state index is 0.0176. The van der Waals surface area contributed by atoms with Crippen molar-refractivity contribution in [3.63, 3.8) is 0 Å². The molecule has 2 aliphatic heterocycles. The van der Waals surface area contributed by atoms with Gasteiger partial charge in [-0.1, -0.05) is 6.07 Å². The van der Waals surface area contributed by atoms with Crippen LogP contribution in [0.5, 0.6) is 5.75 Å². The minimum atomic E-state index is -0.0771. The van der Waals surface area contributed by atoms with E-state index in [4.69, 9.17) is 4.74 Å². The lowest BCUT2D eigenvalue weighted by molar-refractivity contribution is -0.134. The molecule has 0 aromatic heterocycles. The Morgan fingerprint density at radius 1 is 1.16 bits per heavy atom. The van der Waals surface area contributed by atoms with Crippen LogP contribution in [0.25, 0.3) is 0 Å². The van der Waals surface area contributed by atoms with E-state index in [0.29, 0.717) is 37.5 Å². The summed E-state index contributed by atoms with van der Waals surface area (Å²) in [6.07, 6.45) is 0. The van der Waals surface area contributed by atoms with Crippen LogP contribution in [-0.4, -0.2) is 72.6 Å². The highest BCUT2D eigenvalue weighted by molar-refractivity contribution is 7.99. The van der Waals surface area contributed by atoms with E-state index in [1.165, 1.54) is 0 Å². The van der Waals surface area contributed by atoms with Crippen molar-refractivity contribution in [3.05, 3.63) is 28.8 Å². The van der Waals surface area contributed by atoms with Crippen LogP contribution >= 0.6 is 11.8 Å². The molecule has 25 heavy (non-hydrogen) atoms. The first-order valence-corrected chi connectivity index (χ1v) is 9.71. The molecule has 136 valence electrons. The van der Waals surface area contributed by atoms with Gasteiger partial charge in [-0.15, -0.1) is 11.8 Å². The van der Waals surface area contributed by atoms with E-state index >= 15 is 0 Å². The molecule has 0 aliphatic carbocycles. The maximum Gasteiger partial charge on any atom is 0.258 e. The molecule has 2 fully saturated rings. The molecule has 2 amide bonds. The molecular weight excluding hydrogens is 338 g/mol. The van der Waals surface area contributed by atoms with Gasteiger partial charge in [-0.05, 0) is 31.0 Å². The van der Waals surface area contributed by atoms with Crippen LogP contribution in [0.15, 0.2) is 12.1 Å². The number of ether oxygens (including phenoxy) is 1. The standard InChI is InChI=1S/C18H25N3O3S/c1-12-8-13(2)16(15(9-12)24-3)18(23)21-6-4-20(5-7-21)17(22)14-10-25-11-19-14/h8-9,14,19H,4-7,10-11H2,1-3H3. The highest BCUT2D eigenvalue weighted by Crippen LogP contribution is 2.26. The summed E-state index contributed by atoms with van der Waals surface area (Å²) >= 11 is 1.75. The van der Waals surface area contributed by atoms with Gasteiger partial charge in [0.15, 0.2) is 0 Å². The van der Waals surface area contributed by atoms with Gasteiger partial charge < -0.3 is 14.5 Å². The number of carbonyl (C=O) groups excluding carboxylic acids is 2.